The number of para-hydroxylation sites is 1. The molecule has 0 heterocycles. The van der Waals surface area contributed by atoms with Gasteiger partial charge in [0.05, 0.1) is 10.7 Å². The van der Waals surface area contributed by atoms with Crippen LogP contribution < -0.4 is 16.4 Å². The Morgan fingerprint density at radius 1 is 1.13 bits per heavy atom. The Hall–Kier alpha value is -3.85. The van der Waals surface area contributed by atoms with Crippen molar-refractivity contribution in [2.45, 2.75) is 65.1 Å². The highest BCUT2D eigenvalue weighted by molar-refractivity contribution is 6.34. The Balaban J connectivity index is 2.55. The number of hydrogen-bond donors (Lipinski definition) is 3. The number of amides is 4. The fraction of sp³-hybridized carbons (Fsp3) is 0.379. The Kier molecular flexibility index (Phi) is 11.1. The van der Waals surface area contributed by atoms with E-state index in [0.29, 0.717) is 16.3 Å². The van der Waals surface area contributed by atoms with Crippen LogP contribution in [0.4, 0.5) is 10.5 Å². The first-order valence-corrected chi connectivity index (χ1v) is 12.9. The maximum atomic E-state index is 14.0. The van der Waals surface area contributed by atoms with Gasteiger partial charge in [0, 0.05) is 13.0 Å². The predicted molar refractivity (Wildman–Crippen MR) is 152 cm³/mol. The van der Waals surface area contributed by atoms with Crippen LogP contribution in [0.15, 0.2) is 55.1 Å². The molecular weight excluding hydrogens is 520 g/mol. The van der Waals surface area contributed by atoms with Gasteiger partial charge in [-0.3, -0.25) is 14.4 Å². The van der Waals surface area contributed by atoms with Gasteiger partial charge in [0.15, 0.2) is 0 Å². The lowest BCUT2D eigenvalue weighted by Gasteiger charge is -2.34. The molecule has 0 bridgehead atoms. The second kappa shape index (κ2) is 13.8. The highest BCUT2D eigenvalue weighted by Gasteiger charge is 2.36. The first-order valence-electron chi connectivity index (χ1n) is 12.5. The number of carbonyl (C=O) groups is 4. The van der Waals surface area contributed by atoms with Crippen molar-refractivity contribution >= 4 is 41.1 Å². The highest BCUT2D eigenvalue weighted by Crippen LogP contribution is 2.30. The number of nitrogens with two attached hydrogens (primary N) is 1. The van der Waals surface area contributed by atoms with Crippen molar-refractivity contribution in [2.75, 3.05) is 11.9 Å². The average Bonchev–Trinajstić information content (AvgIpc) is 2.82. The molecule has 9 nitrogen and oxygen atoms in total. The molecule has 4 N–H and O–H groups in total. The fourth-order valence-electron chi connectivity index (χ4n) is 3.95. The van der Waals surface area contributed by atoms with Crippen LogP contribution in [0, 0.1) is 13.8 Å². The maximum absolute atomic E-state index is 14.0. The van der Waals surface area contributed by atoms with Crippen LogP contribution in [-0.2, 0) is 19.1 Å². The quantitative estimate of drug-likeness (QED) is 0.342. The number of anilines is 1. The number of nitrogens with one attached hydrogen (secondary N) is 2. The van der Waals surface area contributed by atoms with Crippen molar-refractivity contribution < 1.29 is 23.9 Å². The molecule has 2 unspecified atom stereocenters. The molecule has 4 amide bonds. The van der Waals surface area contributed by atoms with E-state index in [1.54, 1.807) is 64.1 Å². The zero-order valence-electron chi connectivity index (χ0n) is 23.0. The lowest BCUT2D eigenvalue weighted by molar-refractivity contribution is -0.140. The molecule has 0 spiro atoms. The zero-order valence-corrected chi connectivity index (χ0v) is 23.8. The van der Waals surface area contributed by atoms with E-state index in [4.69, 9.17) is 22.1 Å². The Bertz CT molecular complexity index is 1200. The SMILES string of the molecule is C=CCN(C(=O)C(CCC(N)=O)NC(=O)OC(C)(C)C)C(C(=O)Nc1c(C)cccc1Cl)c1cccc(C)c1. The van der Waals surface area contributed by atoms with E-state index >= 15 is 0 Å². The van der Waals surface area contributed by atoms with Gasteiger partial charge in [-0.15, -0.1) is 6.58 Å². The molecule has 2 aromatic rings. The number of aryl methyl sites for hydroxylation is 2. The number of nitrogens with zero attached hydrogens (tertiary/aromatic N) is 1. The van der Waals surface area contributed by atoms with E-state index in [1.807, 2.05) is 13.0 Å². The van der Waals surface area contributed by atoms with Crippen LogP contribution in [-0.4, -0.2) is 46.9 Å². The van der Waals surface area contributed by atoms with Crippen molar-refractivity contribution in [2.24, 2.45) is 5.73 Å². The summed E-state index contributed by atoms with van der Waals surface area (Å²) in [5, 5.41) is 5.76. The molecule has 0 radical (unpaired) electrons. The minimum atomic E-state index is -1.20. The zero-order chi connectivity index (χ0) is 29.3. The molecule has 0 aliphatic carbocycles. The van der Waals surface area contributed by atoms with Crippen molar-refractivity contribution in [1.82, 2.24) is 10.2 Å². The molecule has 0 saturated heterocycles. The number of carbonyl (C=O) groups excluding carboxylic acids is 4. The summed E-state index contributed by atoms with van der Waals surface area (Å²) in [5.74, 6) is -1.77. The molecule has 0 fully saturated rings. The van der Waals surface area contributed by atoms with Gasteiger partial charge in [-0.2, -0.15) is 0 Å². The molecule has 10 heteroatoms. The molecular formula is C29H37ClN4O5. The number of halogens is 1. The van der Waals surface area contributed by atoms with E-state index in [1.165, 1.54) is 11.0 Å². The summed E-state index contributed by atoms with van der Waals surface area (Å²) in [6.45, 7) is 12.5. The summed E-state index contributed by atoms with van der Waals surface area (Å²) >= 11 is 6.37. The van der Waals surface area contributed by atoms with Crippen molar-refractivity contribution in [1.29, 1.82) is 0 Å². The number of hydrogen-bond acceptors (Lipinski definition) is 5. The smallest absolute Gasteiger partial charge is 0.408 e. The van der Waals surface area contributed by atoms with Gasteiger partial charge in [-0.25, -0.2) is 4.79 Å². The number of primary amides is 1. The minimum Gasteiger partial charge on any atom is -0.444 e. The third-order valence-corrected chi connectivity index (χ3v) is 5.98. The summed E-state index contributed by atoms with van der Waals surface area (Å²) in [7, 11) is 0. The minimum absolute atomic E-state index is 0.0323. The summed E-state index contributed by atoms with van der Waals surface area (Å²) in [5.41, 5.74) is 7.10. The molecule has 2 atom stereocenters. The Labute approximate surface area is 234 Å². The van der Waals surface area contributed by atoms with Gasteiger partial charge in [-0.1, -0.05) is 59.6 Å². The van der Waals surface area contributed by atoms with E-state index in [0.717, 1.165) is 11.1 Å². The van der Waals surface area contributed by atoms with Crippen LogP contribution >= 0.6 is 11.6 Å². The molecule has 210 valence electrons. The van der Waals surface area contributed by atoms with Gasteiger partial charge < -0.3 is 26.0 Å². The van der Waals surface area contributed by atoms with Gasteiger partial charge in [0.2, 0.25) is 11.8 Å². The van der Waals surface area contributed by atoms with E-state index < -0.39 is 41.5 Å². The first kappa shape index (κ1) is 31.4. The van der Waals surface area contributed by atoms with Crippen LogP contribution in [0.25, 0.3) is 0 Å². The summed E-state index contributed by atoms with van der Waals surface area (Å²) in [6, 6.07) is 10.1. The standard InChI is InChI=1S/C29H37ClN4O5/c1-7-16-34(27(37)22(14-15-23(31)35)32-28(38)39-29(4,5)6)25(20-12-8-10-18(2)17-20)26(36)33-24-19(3)11-9-13-21(24)30/h7-13,17,22,25H,1,14-16H2,2-6H3,(H2,31,35)(H,32,38)(H,33,36). The Morgan fingerprint density at radius 2 is 1.79 bits per heavy atom. The summed E-state index contributed by atoms with van der Waals surface area (Å²) in [4.78, 5) is 53.3. The second-order valence-electron chi connectivity index (χ2n) is 10.2. The third kappa shape index (κ3) is 9.44. The molecule has 0 saturated carbocycles. The van der Waals surface area contributed by atoms with Crippen molar-refractivity contribution in [3.05, 3.63) is 76.8 Å². The van der Waals surface area contributed by atoms with Crippen molar-refractivity contribution in [3.63, 3.8) is 0 Å². The number of benzene rings is 2. The summed E-state index contributed by atoms with van der Waals surface area (Å²) < 4.78 is 5.33. The highest BCUT2D eigenvalue weighted by atomic mass is 35.5. The number of ether oxygens (including phenoxy) is 1. The summed E-state index contributed by atoms with van der Waals surface area (Å²) in [6.07, 6.45) is 0.376. The lowest BCUT2D eigenvalue weighted by atomic mass is 9.99. The van der Waals surface area contributed by atoms with Gasteiger partial charge in [0.25, 0.3) is 5.91 Å². The maximum Gasteiger partial charge on any atom is 0.408 e. The fourth-order valence-corrected chi connectivity index (χ4v) is 4.22. The van der Waals surface area contributed by atoms with Gasteiger partial charge in [-0.05, 0) is 58.2 Å². The molecule has 0 aliphatic rings. The third-order valence-electron chi connectivity index (χ3n) is 5.67. The first-order chi connectivity index (χ1) is 18.2. The Morgan fingerprint density at radius 3 is 2.36 bits per heavy atom. The second-order valence-corrected chi connectivity index (χ2v) is 10.6. The van der Waals surface area contributed by atoms with Gasteiger partial charge in [0.1, 0.15) is 17.7 Å². The normalized spacial score (nSPS) is 12.6. The average molecular weight is 557 g/mol. The molecule has 0 aromatic heterocycles. The topological polar surface area (TPSA) is 131 Å². The predicted octanol–water partition coefficient (Wildman–Crippen LogP) is 4.81. The van der Waals surface area contributed by atoms with Gasteiger partial charge >= 0.3 is 6.09 Å². The molecule has 2 rings (SSSR count). The largest absolute Gasteiger partial charge is 0.444 e. The molecule has 2 aromatic carbocycles. The monoisotopic (exact) mass is 556 g/mol. The number of alkyl carbamates (subject to hydrolysis) is 1. The van der Waals surface area contributed by atoms with E-state index in [9.17, 15) is 19.2 Å². The van der Waals surface area contributed by atoms with Crippen LogP contribution in [0.3, 0.4) is 0 Å². The van der Waals surface area contributed by atoms with Crippen LogP contribution in [0.2, 0.25) is 5.02 Å². The van der Waals surface area contributed by atoms with E-state index in [-0.39, 0.29) is 19.4 Å². The number of rotatable bonds is 11. The lowest BCUT2D eigenvalue weighted by Crippen LogP contribution is -2.52. The molecule has 0 aliphatic heterocycles. The van der Waals surface area contributed by atoms with Crippen LogP contribution in [0.5, 0.6) is 0 Å². The van der Waals surface area contributed by atoms with Crippen LogP contribution in [0.1, 0.15) is 56.3 Å². The molecule has 39 heavy (non-hydrogen) atoms. The van der Waals surface area contributed by atoms with E-state index in [2.05, 4.69) is 17.2 Å². The van der Waals surface area contributed by atoms with Crippen molar-refractivity contribution in [3.8, 4) is 0 Å².